The van der Waals surface area contributed by atoms with Crippen LogP contribution in [0.3, 0.4) is 0 Å². The summed E-state index contributed by atoms with van der Waals surface area (Å²) in [7, 11) is 0. The zero-order valence-corrected chi connectivity index (χ0v) is 12.6. The third-order valence-corrected chi connectivity index (χ3v) is 4.43. The highest BCUT2D eigenvalue weighted by molar-refractivity contribution is 6.34. The molecule has 4 rings (SSSR count). The number of fused-ring (bicyclic) bond motifs is 1. The second-order valence-corrected chi connectivity index (χ2v) is 5.99. The third kappa shape index (κ3) is 2.34. The molecule has 5 heteroatoms. The number of carbonyl (C=O) groups excluding carboxylic acids is 1. The number of nitrogens with one attached hydrogen (secondary N) is 2. The lowest BCUT2D eigenvalue weighted by atomic mass is 10.0. The van der Waals surface area contributed by atoms with Crippen molar-refractivity contribution in [3.8, 4) is 16.9 Å². The van der Waals surface area contributed by atoms with Crippen LogP contribution in [-0.2, 0) is 11.2 Å². The average Bonchev–Trinajstić information content (AvgIpc) is 2.83. The van der Waals surface area contributed by atoms with Gasteiger partial charge in [-0.3, -0.25) is 4.79 Å². The monoisotopic (exact) mass is 314 g/mol. The van der Waals surface area contributed by atoms with Crippen LogP contribution < -0.4 is 15.4 Å². The van der Waals surface area contributed by atoms with Gasteiger partial charge in [0.15, 0.2) is 0 Å². The van der Waals surface area contributed by atoms with Crippen LogP contribution in [0.1, 0.15) is 5.56 Å². The summed E-state index contributed by atoms with van der Waals surface area (Å²) in [5.41, 5.74) is 3.82. The molecule has 22 heavy (non-hydrogen) atoms. The normalized spacial score (nSPS) is 16.9. The Balaban J connectivity index is 1.69. The number of halogens is 1. The Kier molecular flexibility index (Phi) is 3.28. The second kappa shape index (κ2) is 5.30. The number of ether oxygens (including phenoxy) is 1. The van der Waals surface area contributed by atoms with Gasteiger partial charge in [-0.15, -0.1) is 0 Å². The van der Waals surface area contributed by atoms with Crippen LogP contribution in [0.4, 0.5) is 5.69 Å². The van der Waals surface area contributed by atoms with Crippen molar-refractivity contribution in [1.82, 2.24) is 5.32 Å². The van der Waals surface area contributed by atoms with Gasteiger partial charge in [-0.2, -0.15) is 0 Å². The van der Waals surface area contributed by atoms with Gasteiger partial charge in [-0.25, -0.2) is 0 Å². The summed E-state index contributed by atoms with van der Waals surface area (Å²) in [6.07, 6.45) is 0.611. The Morgan fingerprint density at radius 1 is 1.18 bits per heavy atom. The lowest BCUT2D eigenvalue weighted by Crippen LogP contribution is -2.50. The zero-order chi connectivity index (χ0) is 15.1. The van der Waals surface area contributed by atoms with Gasteiger partial charge in [0.25, 0.3) is 0 Å². The van der Waals surface area contributed by atoms with E-state index in [0.29, 0.717) is 17.2 Å². The van der Waals surface area contributed by atoms with Crippen molar-refractivity contribution in [1.29, 1.82) is 0 Å². The van der Waals surface area contributed by atoms with Crippen molar-refractivity contribution in [2.75, 3.05) is 18.4 Å². The smallest absolute Gasteiger partial charge is 0.228 e. The summed E-state index contributed by atoms with van der Waals surface area (Å²) in [4.78, 5) is 11.5. The summed E-state index contributed by atoms with van der Waals surface area (Å²) >= 11 is 6.52. The Morgan fingerprint density at radius 2 is 2.05 bits per heavy atom. The van der Waals surface area contributed by atoms with Crippen molar-refractivity contribution < 1.29 is 9.53 Å². The number of rotatable bonds is 3. The van der Waals surface area contributed by atoms with Gasteiger partial charge in [-0.1, -0.05) is 29.8 Å². The number of anilines is 1. The van der Waals surface area contributed by atoms with E-state index >= 15 is 0 Å². The molecule has 0 unspecified atom stereocenters. The Labute approximate surface area is 133 Å². The first-order valence-corrected chi connectivity index (χ1v) is 7.67. The van der Waals surface area contributed by atoms with Gasteiger partial charge in [0.2, 0.25) is 5.91 Å². The van der Waals surface area contributed by atoms with Crippen molar-refractivity contribution >= 4 is 23.2 Å². The molecular weight excluding hydrogens is 300 g/mol. The first kappa shape index (κ1) is 13.6. The third-order valence-electron chi connectivity index (χ3n) is 4.04. The summed E-state index contributed by atoms with van der Waals surface area (Å²) in [6, 6.07) is 11.7. The van der Waals surface area contributed by atoms with Crippen LogP contribution in [0.2, 0.25) is 5.02 Å². The highest BCUT2D eigenvalue weighted by Gasteiger charge is 2.21. The topological polar surface area (TPSA) is 50.4 Å². The summed E-state index contributed by atoms with van der Waals surface area (Å²) in [5.74, 6) is 0.744. The van der Waals surface area contributed by atoms with Crippen LogP contribution in [0.25, 0.3) is 11.1 Å². The Bertz CT molecular complexity index is 756. The molecule has 0 radical (unpaired) electrons. The molecule has 112 valence electrons. The van der Waals surface area contributed by atoms with Gasteiger partial charge in [0.1, 0.15) is 11.9 Å². The highest BCUT2D eigenvalue weighted by atomic mass is 35.5. The lowest BCUT2D eigenvalue weighted by Gasteiger charge is -2.28. The Hall–Kier alpha value is -2.04. The zero-order valence-electron chi connectivity index (χ0n) is 11.9. The van der Waals surface area contributed by atoms with Crippen molar-refractivity contribution in [3.63, 3.8) is 0 Å². The summed E-state index contributed by atoms with van der Waals surface area (Å²) in [6.45, 7) is 1.71. The predicted octanol–water partition coefficient (Wildman–Crippen LogP) is 2.85. The number of amides is 1. The number of benzene rings is 2. The van der Waals surface area contributed by atoms with Crippen LogP contribution in [-0.4, -0.2) is 25.1 Å². The molecule has 2 heterocycles. The molecule has 0 atom stereocenters. The van der Waals surface area contributed by atoms with E-state index in [1.54, 1.807) is 0 Å². The summed E-state index contributed by atoms with van der Waals surface area (Å²) in [5, 5.41) is 6.63. The molecule has 0 aromatic heterocycles. The molecule has 0 bridgehead atoms. The van der Waals surface area contributed by atoms with E-state index in [1.807, 2.05) is 36.4 Å². The van der Waals surface area contributed by atoms with E-state index in [-0.39, 0.29) is 12.0 Å². The van der Waals surface area contributed by atoms with Crippen LogP contribution in [0.15, 0.2) is 36.4 Å². The fraction of sp³-hybridized carbons (Fsp3) is 0.235. The summed E-state index contributed by atoms with van der Waals surface area (Å²) < 4.78 is 5.89. The molecule has 1 saturated heterocycles. The molecule has 0 saturated carbocycles. The molecule has 0 aliphatic carbocycles. The van der Waals surface area contributed by atoms with Crippen molar-refractivity contribution in [3.05, 3.63) is 47.0 Å². The molecule has 2 aromatic carbocycles. The minimum absolute atomic E-state index is 0.0350. The molecule has 1 fully saturated rings. The van der Waals surface area contributed by atoms with E-state index in [4.69, 9.17) is 16.3 Å². The molecule has 2 aromatic rings. The van der Waals surface area contributed by atoms with E-state index in [1.165, 1.54) is 0 Å². The molecule has 2 aliphatic heterocycles. The molecule has 2 N–H and O–H groups in total. The molecule has 1 amide bonds. The van der Waals surface area contributed by atoms with Gasteiger partial charge >= 0.3 is 0 Å². The van der Waals surface area contributed by atoms with Gasteiger partial charge in [-0.05, 0) is 29.3 Å². The largest absolute Gasteiger partial charge is 0.486 e. The fourth-order valence-corrected chi connectivity index (χ4v) is 3.03. The maximum Gasteiger partial charge on any atom is 0.228 e. The SMILES string of the molecule is O=C1Cc2cc(-c3cccc(OC4CNC4)c3Cl)ccc2N1. The van der Waals surface area contributed by atoms with E-state index in [0.717, 1.165) is 35.5 Å². The minimum atomic E-state index is 0.0350. The molecule has 2 aliphatic rings. The van der Waals surface area contributed by atoms with Crippen LogP contribution >= 0.6 is 11.6 Å². The van der Waals surface area contributed by atoms with Crippen molar-refractivity contribution in [2.45, 2.75) is 12.5 Å². The van der Waals surface area contributed by atoms with E-state index < -0.39 is 0 Å². The minimum Gasteiger partial charge on any atom is -0.486 e. The maximum absolute atomic E-state index is 11.5. The molecule has 0 spiro atoms. The maximum atomic E-state index is 11.5. The number of carbonyl (C=O) groups is 1. The first-order valence-electron chi connectivity index (χ1n) is 7.30. The molecular formula is C17H15ClN2O2. The lowest BCUT2D eigenvalue weighted by molar-refractivity contribution is -0.115. The first-order chi connectivity index (χ1) is 10.7. The van der Waals surface area contributed by atoms with Gasteiger partial charge in [0.05, 0.1) is 11.4 Å². The van der Waals surface area contributed by atoms with Crippen LogP contribution in [0.5, 0.6) is 5.75 Å². The van der Waals surface area contributed by atoms with E-state index in [2.05, 4.69) is 10.6 Å². The van der Waals surface area contributed by atoms with Gasteiger partial charge in [0, 0.05) is 24.3 Å². The van der Waals surface area contributed by atoms with Crippen molar-refractivity contribution in [2.24, 2.45) is 0 Å². The second-order valence-electron chi connectivity index (χ2n) is 5.61. The van der Waals surface area contributed by atoms with Crippen LogP contribution in [0, 0.1) is 0 Å². The predicted molar refractivity (Wildman–Crippen MR) is 86.5 cm³/mol. The highest BCUT2D eigenvalue weighted by Crippen LogP contribution is 2.38. The van der Waals surface area contributed by atoms with E-state index in [9.17, 15) is 4.79 Å². The molecule has 4 nitrogen and oxygen atoms in total. The average molecular weight is 315 g/mol. The fourth-order valence-electron chi connectivity index (χ4n) is 2.75. The van der Waals surface area contributed by atoms with Gasteiger partial charge < -0.3 is 15.4 Å². The number of hydrogen-bond acceptors (Lipinski definition) is 3. The quantitative estimate of drug-likeness (QED) is 0.916. The Morgan fingerprint density at radius 3 is 2.82 bits per heavy atom. The number of hydrogen-bond donors (Lipinski definition) is 2. The standard InChI is InChI=1S/C17H15ClN2O2/c18-17-13(2-1-3-15(17)22-12-8-19-9-12)10-4-5-14-11(6-10)7-16(21)20-14/h1-6,12,19H,7-9H2,(H,20,21).